The number of likely N-dealkylation sites (N-methyl/N-ethyl adjacent to an activating group) is 2. The number of benzene rings is 3. The van der Waals surface area contributed by atoms with E-state index in [2.05, 4.69) is 21.3 Å². The van der Waals surface area contributed by atoms with E-state index in [1.807, 2.05) is 119 Å². The van der Waals surface area contributed by atoms with E-state index in [9.17, 15) is 19.2 Å². The first-order valence-electron chi connectivity index (χ1n) is 16.5. The topological polar surface area (TPSA) is 120 Å². The van der Waals surface area contributed by atoms with Crippen molar-refractivity contribution in [3.8, 4) is 0 Å². The second kappa shape index (κ2) is 18.6. The lowest BCUT2D eigenvalue weighted by atomic mass is 9.96. The highest BCUT2D eigenvalue weighted by molar-refractivity contribution is 5.95. The van der Waals surface area contributed by atoms with E-state index in [-0.39, 0.29) is 29.6 Å². The lowest BCUT2D eigenvalue weighted by Crippen LogP contribution is -2.60. The molecule has 0 aliphatic heterocycles. The van der Waals surface area contributed by atoms with Crippen LogP contribution in [0.3, 0.4) is 0 Å². The molecule has 0 saturated heterocycles. The molecule has 0 spiro atoms. The van der Waals surface area contributed by atoms with Crippen molar-refractivity contribution < 1.29 is 19.2 Å². The molecular formula is C38H51N5O4. The van der Waals surface area contributed by atoms with Crippen LogP contribution in [-0.2, 0) is 38.4 Å². The fraction of sp³-hybridized carbons (Fsp3) is 0.421. The first kappa shape index (κ1) is 37.0. The van der Waals surface area contributed by atoms with Crippen molar-refractivity contribution >= 4 is 23.6 Å². The predicted octanol–water partition coefficient (Wildman–Crippen LogP) is 3.53. The van der Waals surface area contributed by atoms with Gasteiger partial charge in [-0.15, -0.1) is 0 Å². The van der Waals surface area contributed by atoms with Gasteiger partial charge in [0.2, 0.25) is 23.6 Å². The first-order valence-corrected chi connectivity index (χ1v) is 16.5. The Morgan fingerprint density at radius 3 is 1.57 bits per heavy atom. The second-order valence-electron chi connectivity index (χ2n) is 12.7. The molecule has 0 heterocycles. The van der Waals surface area contributed by atoms with Crippen LogP contribution in [-0.4, -0.2) is 73.3 Å². The van der Waals surface area contributed by atoms with E-state index in [1.54, 1.807) is 14.1 Å². The zero-order chi connectivity index (χ0) is 34.3. The average Bonchev–Trinajstić information content (AvgIpc) is 3.06. The molecule has 0 fully saturated rings. The van der Waals surface area contributed by atoms with Crippen LogP contribution in [0.25, 0.3) is 0 Å². The minimum Gasteiger partial charge on any atom is -0.354 e. The SMILES string of the molecule is CN[C@@H](Cc1ccccc1)C(=O)N[C@H](C(=O)N(C)[C@H](C(=O)N[C@@H](Cc1ccccc1)C(=O)NCCc1ccccc1)C(C)C)C(C)C. The smallest absolute Gasteiger partial charge is 0.245 e. The highest BCUT2D eigenvalue weighted by Crippen LogP contribution is 2.16. The molecule has 252 valence electrons. The van der Waals surface area contributed by atoms with Gasteiger partial charge in [0.05, 0.1) is 6.04 Å². The van der Waals surface area contributed by atoms with E-state index in [0.717, 1.165) is 16.7 Å². The summed E-state index contributed by atoms with van der Waals surface area (Å²) in [6.45, 7) is 7.87. The lowest BCUT2D eigenvalue weighted by molar-refractivity contribution is -0.145. The Morgan fingerprint density at radius 2 is 1.11 bits per heavy atom. The van der Waals surface area contributed by atoms with Gasteiger partial charge in [-0.2, -0.15) is 0 Å². The second-order valence-corrected chi connectivity index (χ2v) is 12.7. The Bertz CT molecular complexity index is 1420. The van der Waals surface area contributed by atoms with Crippen molar-refractivity contribution in [2.45, 2.75) is 71.1 Å². The maximum absolute atomic E-state index is 14.0. The summed E-state index contributed by atoms with van der Waals surface area (Å²) in [6, 6.07) is 25.9. The quantitative estimate of drug-likeness (QED) is 0.180. The highest BCUT2D eigenvalue weighted by atomic mass is 16.2. The maximum Gasteiger partial charge on any atom is 0.245 e. The first-order chi connectivity index (χ1) is 22.5. The molecular weight excluding hydrogens is 590 g/mol. The van der Waals surface area contributed by atoms with Crippen molar-refractivity contribution in [3.05, 3.63) is 108 Å². The molecule has 3 rings (SSSR count). The molecule has 3 aromatic carbocycles. The summed E-state index contributed by atoms with van der Waals surface area (Å²) >= 11 is 0. The van der Waals surface area contributed by atoms with Gasteiger partial charge in [-0.05, 0) is 48.4 Å². The number of nitrogens with zero attached hydrogens (tertiary/aromatic N) is 1. The zero-order valence-corrected chi connectivity index (χ0v) is 28.5. The standard InChI is InChI=1S/C38H51N5O4/c1-26(2)33(42-36(45)31(39-5)24-29-18-12-8-13-19-29)38(47)43(6)34(27(3)4)37(46)41-32(25-30-20-14-9-15-21-30)35(44)40-23-22-28-16-10-7-11-17-28/h7-21,26-27,31-34,39H,22-25H2,1-6H3,(H,40,44)(H,41,46)(H,42,45)/t31-,32-,33-,34-/m0/s1. The number of carbonyl (C=O) groups is 4. The van der Waals surface area contributed by atoms with Gasteiger partial charge in [-0.3, -0.25) is 19.2 Å². The van der Waals surface area contributed by atoms with Gasteiger partial charge >= 0.3 is 0 Å². The van der Waals surface area contributed by atoms with Gasteiger partial charge in [0.25, 0.3) is 0 Å². The molecule has 9 nitrogen and oxygen atoms in total. The molecule has 0 unspecified atom stereocenters. The van der Waals surface area contributed by atoms with Gasteiger partial charge in [0.15, 0.2) is 0 Å². The molecule has 0 bridgehead atoms. The van der Waals surface area contributed by atoms with Crippen molar-refractivity contribution in [1.82, 2.24) is 26.2 Å². The third kappa shape index (κ3) is 11.4. The Hall–Kier alpha value is -4.50. The predicted molar refractivity (Wildman–Crippen MR) is 186 cm³/mol. The number of hydrogen-bond donors (Lipinski definition) is 4. The summed E-state index contributed by atoms with van der Waals surface area (Å²) < 4.78 is 0. The molecule has 4 atom stereocenters. The summed E-state index contributed by atoms with van der Waals surface area (Å²) in [5, 5.41) is 11.9. The van der Waals surface area contributed by atoms with Gasteiger partial charge in [-0.25, -0.2) is 0 Å². The maximum atomic E-state index is 14.0. The number of nitrogens with one attached hydrogen (secondary N) is 4. The molecule has 0 aliphatic carbocycles. The van der Waals surface area contributed by atoms with E-state index >= 15 is 0 Å². The molecule has 9 heteroatoms. The fourth-order valence-corrected chi connectivity index (χ4v) is 5.64. The van der Waals surface area contributed by atoms with E-state index in [1.165, 1.54) is 4.90 Å². The molecule has 4 amide bonds. The molecule has 0 aliphatic rings. The zero-order valence-electron chi connectivity index (χ0n) is 28.5. The summed E-state index contributed by atoms with van der Waals surface area (Å²) in [5.74, 6) is -1.89. The number of amides is 4. The highest BCUT2D eigenvalue weighted by Gasteiger charge is 2.37. The normalized spacial score (nSPS) is 13.7. The Labute approximate surface area is 279 Å². The largest absolute Gasteiger partial charge is 0.354 e. The fourth-order valence-electron chi connectivity index (χ4n) is 5.64. The summed E-state index contributed by atoms with van der Waals surface area (Å²) in [7, 11) is 3.30. The van der Waals surface area contributed by atoms with Crippen LogP contribution in [0.4, 0.5) is 0 Å². The van der Waals surface area contributed by atoms with Gasteiger partial charge in [0, 0.05) is 20.0 Å². The average molecular weight is 642 g/mol. The van der Waals surface area contributed by atoms with Crippen molar-refractivity contribution in [1.29, 1.82) is 0 Å². The van der Waals surface area contributed by atoms with Crippen molar-refractivity contribution in [2.24, 2.45) is 11.8 Å². The van der Waals surface area contributed by atoms with Crippen LogP contribution in [0.5, 0.6) is 0 Å². The summed E-state index contributed by atoms with van der Waals surface area (Å²) in [5.41, 5.74) is 3.00. The van der Waals surface area contributed by atoms with Crippen LogP contribution < -0.4 is 21.3 Å². The van der Waals surface area contributed by atoms with Crippen LogP contribution in [0.2, 0.25) is 0 Å². The van der Waals surface area contributed by atoms with E-state index < -0.39 is 30.1 Å². The Balaban J connectivity index is 1.74. The molecule has 4 N–H and O–H groups in total. The van der Waals surface area contributed by atoms with Crippen LogP contribution in [0, 0.1) is 11.8 Å². The molecule has 47 heavy (non-hydrogen) atoms. The van der Waals surface area contributed by atoms with Gasteiger partial charge < -0.3 is 26.2 Å². The van der Waals surface area contributed by atoms with Crippen molar-refractivity contribution in [2.75, 3.05) is 20.6 Å². The van der Waals surface area contributed by atoms with Crippen LogP contribution in [0.1, 0.15) is 44.4 Å². The van der Waals surface area contributed by atoms with E-state index in [0.29, 0.717) is 25.8 Å². The third-order valence-corrected chi connectivity index (χ3v) is 8.31. The minimum atomic E-state index is -0.875. The molecule has 3 aromatic rings. The van der Waals surface area contributed by atoms with Crippen molar-refractivity contribution in [3.63, 3.8) is 0 Å². The monoisotopic (exact) mass is 641 g/mol. The number of hydrogen-bond acceptors (Lipinski definition) is 5. The lowest BCUT2D eigenvalue weighted by Gasteiger charge is -2.35. The number of rotatable bonds is 17. The minimum absolute atomic E-state index is 0.236. The third-order valence-electron chi connectivity index (χ3n) is 8.31. The molecule has 0 radical (unpaired) electrons. The summed E-state index contributed by atoms with van der Waals surface area (Å²) in [4.78, 5) is 56.1. The van der Waals surface area contributed by atoms with Gasteiger partial charge in [-0.1, -0.05) is 119 Å². The van der Waals surface area contributed by atoms with Crippen LogP contribution >= 0.6 is 0 Å². The Kier molecular flexibility index (Phi) is 14.6. The summed E-state index contributed by atoms with van der Waals surface area (Å²) in [6.07, 6.45) is 1.42. The Morgan fingerprint density at radius 1 is 0.617 bits per heavy atom. The molecule has 0 saturated carbocycles. The molecule has 0 aromatic heterocycles. The van der Waals surface area contributed by atoms with Crippen LogP contribution in [0.15, 0.2) is 91.0 Å². The number of carbonyl (C=O) groups excluding carboxylic acids is 4. The van der Waals surface area contributed by atoms with Gasteiger partial charge in [0.1, 0.15) is 18.1 Å². The van der Waals surface area contributed by atoms with E-state index in [4.69, 9.17) is 0 Å².